The highest BCUT2D eigenvalue weighted by molar-refractivity contribution is 6.00. The third-order valence-corrected chi connectivity index (χ3v) is 5.37. The van der Waals surface area contributed by atoms with E-state index in [1.54, 1.807) is 4.90 Å². The van der Waals surface area contributed by atoms with Crippen LogP contribution in [-0.2, 0) is 16.1 Å². The molecule has 0 radical (unpaired) electrons. The maximum absolute atomic E-state index is 13.4. The molecule has 1 fully saturated rings. The number of rotatable bonds is 7. The van der Waals surface area contributed by atoms with E-state index in [1.807, 2.05) is 54.6 Å². The average molecular weight is 447 g/mol. The van der Waals surface area contributed by atoms with Crippen LogP contribution in [0.3, 0.4) is 0 Å². The molecular weight excluding hydrogens is 422 g/mol. The molecule has 1 atom stereocenters. The standard InChI is InChI=1S/C24H25N5O4/c1-16(30)25-13-12-22-26-23(33-28-22)21-14-20(27-32-2)15-29(21)24(31)19-10-8-18(9-11-19)17-6-4-3-5-7-17/h3-11,21H,12-15H2,1-2H3,(H,25,30)/b27-20+/t21-/m0/s1. The molecule has 1 aliphatic rings. The van der Waals surface area contributed by atoms with Gasteiger partial charge in [0.05, 0.1) is 12.3 Å². The molecule has 1 N–H and O–H groups in total. The maximum Gasteiger partial charge on any atom is 0.254 e. The molecule has 0 spiro atoms. The molecule has 1 saturated heterocycles. The lowest BCUT2D eigenvalue weighted by molar-refractivity contribution is -0.118. The molecule has 2 heterocycles. The Morgan fingerprint density at radius 2 is 1.88 bits per heavy atom. The second-order valence-corrected chi connectivity index (χ2v) is 7.72. The van der Waals surface area contributed by atoms with Crippen molar-refractivity contribution in [1.82, 2.24) is 20.4 Å². The van der Waals surface area contributed by atoms with Crippen LogP contribution in [0.2, 0.25) is 0 Å². The molecule has 0 aliphatic carbocycles. The van der Waals surface area contributed by atoms with Crippen molar-refractivity contribution in [2.24, 2.45) is 5.16 Å². The first-order valence-electron chi connectivity index (χ1n) is 10.7. The van der Waals surface area contributed by atoms with Crippen molar-refractivity contribution in [3.8, 4) is 11.1 Å². The zero-order chi connectivity index (χ0) is 23.2. The van der Waals surface area contributed by atoms with Gasteiger partial charge < -0.3 is 19.6 Å². The fourth-order valence-corrected chi connectivity index (χ4v) is 3.79. The Hall–Kier alpha value is -4.01. The molecule has 3 aromatic rings. The molecule has 1 aromatic heterocycles. The number of hydrogen-bond donors (Lipinski definition) is 1. The van der Waals surface area contributed by atoms with Gasteiger partial charge in [-0.3, -0.25) is 9.59 Å². The van der Waals surface area contributed by atoms with Gasteiger partial charge in [0.15, 0.2) is 5.82 Å². The van der Waals surface area contributed by atoms with Gasteiger partial charge in [-0.05, 0) is 23.3 Å². The minimum absolute atomic E-state index is 0.120. The third-order valence-electron chi connectivity index (χ3n) is 5.37. The number of hydrogen-bond acceptors (Lipinski definition) is 7. The highest BCUT2D eigenvalue weighted by Gasteiger charge is 2.38. The molecule has 170 valence electrons. The summed E-state index contributed by atoms with van der Waals surface area (Å²) in [4.78, 5) is 35.5. The van der Waals surface area contributed by atoms with E-state index in [1.165, 1.54) is 14.0 Å². The number of oxime groups is 1. The van der Waals surface area contributed by atoms with Gasteiger partial charge >= 0.3 is 0 Å². The largest absolute Gasteiger partial charge is 0.399 e. The van der Waals surface area contributed by atoms with Gasteiger partial charge in [0.25, 0.3) is 5.91 Å². The van der Waals surface area contributed by atoms with E-state index in [4.69, 9.17) is 9.36 Å². The normalized spacial score (nSPS) is 16.7. The van der Waals surface area contributed by atoms with Gasteiger partial charge in [-0.15, -0.1) is 0 Å². The van der Waals surface area contributed by atoms with Gasteiger partial charge in [0.2, 0.25) is 11.8 Å². The van der Waals surface area contributed by atoms with E-state index < -0.39 is 6.04 Å². The average Bonchev–Trinajstić information content (AvgIpc) is 3.46. The second-order valence-electron chi connectivity index (χ2n) is 7.72. The Balaban J connectivity index is 1.53. The lowest BCUT2D eigenvalue weighted by Crippen LogP contribution is -2.31. The minimum atomic E-state index is -0.442. The van der Waals surface area contributed by atoms with Crippen LogP contribution in [0.15, 0.2) is 64.3 Å². The molecule has 9 nitrogen and oxygen atoms in total. The summed E-state index contributed by atoms with van der Waals surface area (Å²) < 4.78 is 5.46. The van der Waals surface area contributed by atoms with Crippen molar-refractivity contribution in [2.75, 3.05) is 20.2 Å². The molecule has 0 unspecified atom stereocenters. The van der Waals surface area contributed by atoms with E-state index >= 15 is 0 Å². The third kappa shape index (κ3) is 5.25. The van der Waals surface area contributed by atoms with Gasteiger partial charge in [0, 0.05) is 31.9 Å². The summed E-state index contributed by atoms with van der Waals surface area (Å²) in [6.07, 6.45) is 0.874. The number of carbonyl (C=O) groups excluding carboxylic acids is 2. The summed E-state index contributed by atoms with van der Waals surface area (Å²) in [6, 6.07) is 17.1. The van der Waals surface area contributed by atoms with E-state index in [9.17, 15) is 9.59 Å². The first kappa shape index (κ1) is 22.2. The molecule has 33 heavy (non-hydrogen) atoms. The Labute approximate surface area is 191 Å². The van der Waals surface area contributed by atoms with Crippen molar-refractivity contribution in [3.63, 3.8) is 0 Å². The van der Waals surface area contributed by atoms with Gasteiger partial charge in [0.1, 0.15) is 13.2 Å². The number of benzene rings is 2. The molecular formula is C24H25N5O4. The lowest BCUT2D eigenvalue weighted by Gasteiger charge is -2.21. The lowest BCUT2D eigenvalue weighted by atomic mass is 10.0. The zero-order valence-corrected chi connectivity index (χ0v) is 18.5. The van der Waals surface area contributed by atoms with E-state index in [0.29, 0.717) is 43.2 Å². The molecule has 2 amide bonds. The van der Waals surface area contributed by atoms with E-state index in [-0.39, 0.29) is 11.8 Å². The maximum atomic E-state index is 13.4. The van der Waals surface area contributed by atoms with E-state index in [2.05, 4.69) is 20.6 Å². The summed E-state index contributed by atoms with van der Waals surface area (Å²) >= 11 is 0. The summed E-state index contributed by atoms with van der Waals surface area (Å²) in [6.45, 7) is 2.17. The summed E-state index contributed by atoms with van der Waals surface area (Å²) in [5.74, 6) is 0.530. The molecule has 1 aliphatic heterocycles. The van der Waals surface area contributed by atoms with Crippen LogP contribution in [0.25, 0.3) is 11.1 Å². The smallest absolute Gasteiger partial charge is 0.254 e. The fraction of sp³-hybridized carbons (Fsp3) is 0.292. The highest BCUT2D eigenvalue weighted by Crippen LogP contribution is 2.32. The van der Waals surface area contributed by atoms with Gasteiger partial charge in [-0.25, -0.2) is 0 Å². The van der Waals surface area contributed by atoms with E-state index in [0.717, 1.165) is 16.8 Å². The number of amides is 2. The van der Waals surface area contributed by atoms with Crippen molar-refractivity contribution in [2.45, 2.75) is 25.8 Å². The predicted octanol–water partition coefficient (Wildman–Crippen LogP) is 3.00. The molecule has 4 rings (SSSR count). The molecule has 0 saturated carbocycles. The summed E-state index contributed by atoms with van der Waals surface area (Å²) in [5.41, 5.74) is 3.40. The Morgan fingerprint density at radius 1 is 1.15 bits per heavy atom. The minimum Gasteiger partial charge on any atom is -0.399 e. The van der Waals surface area contributed by atoms with Crippen LogP contribution in [-0.4, -0.2) is 52.8 Å². The van der Waals surface area contributed by atoms with Crippen LogP contribution >= 0.6 is 0 Å². The van der Waals surface area contributed by atoms with Crippen LogP contribution in [0.5, 0.6) is 0 Å². The Kier molecular flexibility index (Phi) is 6.77. The quantitative estimate of drug-likeness (QED) is 0.558. The number of nitrogens with zero attached hydrogens (tertiary/aromatic N) is 4. The van der Waals surface area contributed by atoms with Gasteiger partial charge in [-0.2, -0.15) is 4.98 Å². The highest BCUT2D eigenvalue weighted by atomic mass is 16.6. The number of likely N-dealkylation sites (tertiary alicyclic amines) is 1. The van der Waals surface area contributed by atoms with Crippen LogP contribution < -0.4 is 5.32 Å². The van der Waals surface area contributed by atoms with Gasteiger partial charge in [-0.1, -0.05) is 52.8 Å². The van der Waals surface area contributed by atoms with Crippen molar-refractivity contribution < 1.29 is 18.9 Å². The summed E-state index contributed by atoms with van der Waals surface area (Å²) in [7, 11) is 1.47. The first-order chi connectivity index (χ1) is 16.0. The monoisotopic (exact) mass is 447 g/mol. The number of carbonyl (C=O) groups is 2. The number of aromatic nitrogens is 2. The molecule has 0 bridgehead atoms. The molecule has 9 heteroatoms. The van der Waals surface area contributed by atoms with Crippen molar-refractivity contribution in [1.29, 1.82) is 0 Å². The SMILES string of the molecule is CO/N=C1\C[C@@H](c2nc(CCNC(C)=O)no2)N(C(=O)c2ccc(-c3ccccc3)cc2)C1. The predicted molar refractivity (Wildman–Crippen MR) is 121 cm³/mol. The first-order valence-corrected chi connectivity index (χ1v) is 10.7. The van der Waals surface area contributed by atoms with Crippen LogP contribution in [0, 0.1) is 0 Å². The Bertz CT molecular complexity index is 1140. The van der Waals surface area contributed by atoms with Crippen molar-refractivity contribution in [3.05, 3.63) is 71.9 Å². The summed E-state index contributed by atoms with van der Waals surface area (Å²) in [5, 5.41) is 10.7. The molecule has 2 aromatic carbocycles. The van der Waals surface area contributed by atoms with Crippen LogP contribution in [0.4, 0.5) is 0 Å². The Morgan fingerprint density at radius 3 is 2.58 bits per heavy atom. The topological polar surface area (TPSA) is 110 Å². The van der Waals surface area contributed by atoms with Crippen LogP contribution in [0.1, 0.15) is 41.5 Å². The number of nitrogens with one attached hydrogen (secondary N) is 1. The van der Waals surface area contributed by atoms with Crippen molar-refractivity contribution >= 4 is 17.5 Å². The second kappa shape index (κ2) is 10.1. The fourth-order valence-electron chi connectivity index (χ4n) is 3.79. The zero-order valence-electron chi connectivity index (χ0n) is 18.5.